The van der Waals surface area contributed by atoms with Crippen LogP contribution in [0.25, 0.3) is 21.5 Å². The highest BCUT2D eigenvalue weighted by Gasteiger charge is 2.12. The van der Waals surface area contributed by atoms with Crippen molar-refractivity contribution in [1.29, 1.82) is 0 Å². The Balaban J connectivity index is 1.68. The lowest BCUT2D eigenvalue weighted by atomic mass is 9.98. The van der Waals surface area contributed by atoms with E-state index in [9.17, 15) is 4.79 Å². The van der Waals surface area contributed by atoms with Crippen LogP contribution in [0.4, 0.5) is 0 Å². The van der Waals surface area contributed by atoms with E-state index in [1.807, 2.05) is 36.4 Å². The van der Waals surface area contributed by atoms with Gasteiger partial charge in [0.1, 0.15) is 0 Å². The molecule has 172 valence electrons. The highest BCUT2D eigenvalue weighted by molar-refractivity contribution is 6.37. The van der Waals surface area contributed by atoms with Crippen molar-refractivity contribution in [2.75, 3.05) is 19.6 Å². The number of carbonyl (C=O) groups excluding carboxylic acids is 1. The van der Waals surface area contributed by atoms with Gasteiger partial charge in [0.2, 0.25) is 0 Å². The Labute approximate surface area is 198 Å². The standard InChI is InChI=1S/C29H38ClNO/c1-3-5-7-11-18-31(19-12-8-6-4-2)20-17-29(32)24-16-15-23-22-28(30)26-14-10-9-13-25(26)27(23)21-24/h9-10,13-16,21-22H,3-8,11-12,17-20H2,1-2H3. The number of Topliss-reactive ketones (excluding diaryl/α,β-unsaturated/α-hetero) is 1. The Bertz CT molecular complexity index is 1000. The third-order valence-corrected chi connectivity index (χ3v) is 6.76. The quantitative estimate of drug-likeness (QED) is 0.139. The molecule has 0 heterocycles. The topological polar surface area (TPSA) is 20.3 Å². The van der Waals surface area contributed by atoms with Crippen LogP contribution in [0.2, 0.25) is 5.02 Å². The van der Waals surface area contributed by atoms with Gasteiger partial charge in [-0.2, -0.15) is 0 Å². The van der Waals surface area contributed by atoms with E-state index in [0.29, 0.717) is 6.42 Å². The molecular weight excluding hydrogens is 414 g/mol. The van der Waals surface area contributed by atoms with E-state index in [-0.39, 0.29) is 5.78 Å². The second kappa shape index (κ2) is 13.0. The number of ketones is 1. The molecule has 0 N–H and O–H groups in total. The normalized spacial score (nSPS) is 11.6. The molecule has 0 unspecified atom stereocenters. The number of hydrogen-bond acceptors (Lipinski definition) is 2. The van der Waals surface area contributed by atoms with E-state index in [1.54, 1.807) is 0 Å². The van der Waals surface area contributed by atoms with Crippen molar-refractivity contribution in [3.05, 3.63) is 59.1 Å². The fourth-order valence-electron chi connectivity index (χ4n) is 4.49. The number of rotatable bonds is 14. The molecule has 0 aliphatic carbocycles. The second-order valence-electron chi connectivity index (χ2n) is 8.98. The van der Waals surface area contributed by atoms with Crippen molar-refractivity contribution in [3.8, 4) is 0 Å². The molecule has 0 radical (unpaired) electrons. The summed E-state index contributed by atoms with van der Waals surface area (Å²) in [5.74, 6) is 0.234. The summed E-state index contributed by atoms with van der Waals surface area (Å²) < 4.78 is 0. The van der Waals surface area contributed by atoms with Crippen LogP contribution in [0.5, 0.6) is 0 Å². The molecule has 0 spiro atoms. The molecule has 0 saturated heterocycles. The Kier molecular flexibility index (Phi) is 10.0. The average Bonchev–Trinajstić information content (AvgIpc) is 2.82. The maximum Gasteiger partial charge on any atom is 0.164 e. The minimum Gasteiger partial charge on any atom is -0.303 e. The molecule has 3 rings (SSSR count). The van der Waals surface area contributed by atoms with Gasteiger partial charge in [-0.25, -0.2) is 0 Å². The van der Waals surface area contributed by atoms with E-state index in [1.165, 1.54) is 51.4 Å². The molecule has 32 heavy (non-hydrogen) atoms. The van der Waals surface area contributed by atoms with Gasteiger partial charge < -0.3 is 4.90 Å². The minimum absolute atomic E-state index is 0.234. The molecule has 3 heteroatoms. The molecule has 0 aliphatic rings. The zero-order valence-electron chi connectivity index (χ0n) is 19.8. The summed E-state index contributed by atoms with van der Waals surface area (Å²) in [6.45, 7) is 7.58. The lowest BCUT2D eigenvalue weighted by Gasteiger charge is -2.22. The SMILES string of the molecule is CCCCCCN(CCCCCC)CCC(=O)c1ccc2cc(Cl)c3ccccc3c2c1. The Morgan fingerprint density at radius 3 is 2.06 bits per heavy atom. The fourth-order valence-corrected chi connectivity index (χ4v) is 4.78. The summed E-state index contributed by atoms with van der Waals surface area (Å²) in [5.41, 5.74) is 0.807. The first-order valence-electron chi connectivity index (χ1n) is 12.5. The molecule has 3 aromatic carbocycles. The molecule has 3 aromatic rings. The van der Waals surface area contributed by atoms with Gasteiger partial charge in [-0.1, -0.05) is 100 Å². The van der Waals surface area contributed by atoms with Gasteiger partial charge in [0.15, 0.2) is 5.78 Å². The van der Waals surface area contributed by atoms with Gasteiger partial charge in [-0.15, -0.1) is 0 Å². The number of fused-ring (bicyclic) bond motifs is 3. The van der Waals surface area contributed by atoms with Gasteiger partial charge in [0.25, 0.3) is 0 Å². The summed E-state index contributed by atoms with van der Waals surface area (Å²) in [6.07, 6.45) is 10.8. The number of halogens is 1. The molecule has 0 aliphatic heterocycles. The monoisotopic (exact) mass is 451 g/mol. The lowest BCUT2D eigenvalue weighted by molar-refractivity contribution is 0.0963. The number of unbranched alkanes of at least 4 members (excludes halogenated alkanes) is 6. The van der Waals surface area contributed by atoms with Crippen molar-refractivity contribution in [2.24, 2.45) is 0 Å². The van der Waals surface area contributed by atoms with Crippen LogP contribution in [-0.2, 0) is 0 Å². The molecule has 0 fully saturated rings. The van der Waals surface area contributed by atoms with Crippen LogP contribution in [0.3, 0.4) is 0 Å². The van der Waals surface area contributed by atoms with Gasteiger partial charge in [0.05, 0.1) is 0 Å². The van der Waals surface area contributed by atoms with Crippen molar-refractivity contribution >= 4 is 38.9 Å². The Morgan fingerprint density at radius 1 is 0.750 bits per heavy atom. The van der Waals surface area contributed by atoms with Crippen LogP contribution in [0.15, 0.2) is 48.5 Å². The van der Waals surface area contributed by atoms with Crippen molar-refractivity contribution in [3.63, 3.8) is 0 Å². The maximum absolute atomic E-state index is 13.1. The first-order valence-corrected chi connectivity index (χ1v) is 12.9. The maximum atomic E-state index is 13.1. The fraction of sp³-hybridized carbons (Fsp3) is 0.483. The van der Waals surface area contributed by atoms with Crippen LogP contribution in [-0.4, -0.2) is 30.3 Å². The number of benzene rings is 3. The number of carbonyl (C=O) groups is 1. The van der Waals surface area contributed by atoms with Crippen molar-refractivity contribution < 1.29 is 4.79 Å². The molecule has 0 amide bonds. The first kappa shape index (κ1) is 24.7. The molecule has 0 bridgehead atoms. The highest BCUT2D eigenvalue weighted by Crippen LogP contribution is 2.32. The van der Waals surface area contributed by atoms with Gasteiger partial charge in [-0.3, -0.25) is 4.79 Å². The molecule has 0 atom stereocenters. The number of nitrogens with zero attached hydrogens (tertiary/aromatic N) is 1. The van der Waals surface area contributed by atoms with Gasteiger partial charge in [-0.05, 0) is 54.2 Å². The summed E-state index contributed by atoms with van der Waals surface area (Å²) in [7, 11) is 0. The summed E-state index contributed by atoms with van der Waals surface area (Å²) >= 11 is 6.47. The molecular formula is C29H38ClNO. The summed E-state index contributed by atoms with van der Waals surface area (Å²) in [6, 6.07) is 16.2. The molecule has 0 saturated carbocycles. The van der Waals surface area contributed by atoms with Gasteiger partial charge in [0, 0.05) is 28.9 Å². The number of hydrogen-bond donors (Lipinski definition) is 0. The molecule has 2 nitrogen and oxygen atoms in total. The predicted octanol–water partition coefficient (Wildman–Crippen LogP) is 8.68. The Hall–Kier alpha value is -1.90. The van der Waals surface area contributed by atoms with E-state index in [0.717, 1.165) is 51.8 Å². The van der Waals surface area contributed by atoms with Crippen molar-refractivity contribution in [1.82, 2.24) is 4.90 Å². The van der Waals surface area contributed by atoms with Crippen LogP contribution < -0.4 is 0 Å². The van der Waals surface area contributed by atoms with Crippen LogP contribution in [0.1, 0.15) is 82.0 Å². The van der Waals surface area contributed by atoms with E-state index < -0.39 is 0 Å². The zero-order valence-corrected chi connectivity index (χ0v) is 20.6. The van der Waals surface area contributed by atoms with Crippen LogP contribution >= 0.6 is 11.6 Å². The lowest BCUT2D eigenvalue weighted by Crippen LogP contribution is -2.28. The largest absolute Gasteiger partial charge is 0.303 e. The summed E-state index contributed by atoms with van der Waals surface area (Å²) in [5, 5.41) is 5.09. The average molecular weight is 452 g/mol. The smallest absolute Gasteiger partial charge is 0.164 e. The van der Waals surface area contributed by atoms with Crippen LogP contribution in [0, 0.1) is 0 Å². The predicted molar refractivity (Wildman–Crippen MR) is 140 cm³/mol. The van der Waals surface area contributed by atoms with E-state index in [4.69, 9.17) is 11.6 Å². The van der Waals surface area contributed by atoms with Crippen molar-refractivity contribution in [2.45, 2.75) is 71.6 Å². The molecule has 0 aromatic heterocycles. The highest BCUT2D eigenvalue weighted by atomic mass is 35.5. The second-order valence-corrected chi connectivity index (χ2v) is 9.38. The van der Waals surface area contributed by atoms with Gasteiger partial charge >= 0.3 is 0 Å². The Morgan fingerprint density at radius 2 is 1.41 bits per heavy atom. The summed E-state index contributed by atoms with van der Waals surface area (Å²) in [4.78, 5) is 15.6. The zero-order chi connectivity index (χ0) is 22.8. The van der Waals surface area contributed by atoms with E-state index in [2.05, 4.69) is 30.9 Å². The third-order valence-electron chi connectivity index (χ3n) is 6.44. The third kappa shape index (κ3) is 6.80. The van der Waals surface area contributed by atoms with E-state index >= 15 is 0 Å². The minimum atomic E-state index is 0.234. The first-order chi connectivity index (χ1) is 15.6.